The van der Waals surface area contributed by atoms with Crippen LogP contribution in [0.2, 0.25) is 18.1 Å². The molecule has 2 saturated heterocycles. The van der Waals surface area contributed by atoms with Crippen molar-refractivity contribution in [3.8, 4) is 0 Å². The predicted octanol–water partition coefficient (Wildman–Crippen LogP) is 2.71. The van der Waals surface area contributed by atoms with Gasteiger partial charge in [-0.3, -0.25) is 0 Å². The Balaban J connectivity index is 1.78. The summed E-state index contributed by atoms with van der Waals surface area (Å²) in [4.78, 5) is 0. The minimum atomic E-state index is -2.05. The summed E-state index contributed by atoms with van der Waals surface area (Å²) in [6, 6.07) is 9.98. The fraction of sp³-hybridized carbons (Fsp3) is 0.700. The smallest absolute Gasteiger partial charge is 0.192 e. The molecule has 0 amide bonds. The molecule has 0 radical (unpaired) electrons. The van der Waals surface area contributed by atoms with Crippen molar-refractivity contribution in [1.82, 2.24) is 0 Å². The van der Waals surface area contributed by atoms with Crippen LogP contribution >= 0.6 is 0 Å². The molecule has 0 spiro atoms. The van der Waals surface area contributed by atoms with Gasteiger partial charge in [-0.15, -0.1) is 0 Å². The maximum Gasteiger partial charge on any atom is 0.192 e. The van der Waals surface area contributed by atoms with Gasteiger partial charge in [-0.1, -0.05) is 51.1 Å². The van der Waals surface area contributed by atoms with Crippen LogP contribution in [0.4, 0.5) is 0 Å². The minimum Gasteiger partial charge on any atom is -0.409 e. The lowest BCUT2D eigenvalue weighted by atomic mass is 9.83. The third kappa shape index (κ3) is 3.63. The minimum absolute atomic E-state index is 0.0616. The van der Waals surface area contributed by atoms with Gasteiger partial charge in [0, 0.05) is 5.92 Å². The largest absolute Gasteiger partial charge is 0.409 e. The molecule has 0 unspecified atom stereocenters. The summed E-state index contributed by atoms with van der Waals surface area (Å²) < 4.78 is 18.9. The Bertz CT molecular complexity index is 600. The highest BCUT2D eigenvalue weighted by Crippen LogP contribution is 2.46. The molecule has 5 nitrogen and oxygen atoms in total. The van der Waals surface area contributed by atoms with Gasteiger partial charge in [-0.2, -0.15) is 0 Å². The molecule has 0 aliphatic carbocycles. The van der Waals surface area contributed by atoms with Crippen LogP contribution in [-0.4, -0.2) is 55.7 Å². The molecular formula is C20H32O5Si. The molecule has 0 saturated carbocycles. The fourth-order valence-corrected chi connectivity index (χ4v) is 4.89. The first-order valence-corrected chi connectivity index (χ1v) is 12.3. The lowest BCUT2D eigenvalue weighted by molar-refractivity contribution is -0.0960. The van der Waals surface area contributed by atoms with Crippen molar-refractivity contribution in [1.29, 1.82) is 0 Å². The third-order valence-corrected chi connectivity index (χ3v) is 10.7. The Kier molecular flexibility index (Phi) is 5.64. The van der Waals surface area contributed by atoms with E-state index in [1.165, 1.54) is 0 Å². The predicted molar refractivity (Wildman–Crippen MR) is 102 cm³/mol. The van der Waals surface area contributed by atoms with Crippen LogP contribution in [0.15, 0.2) is 30.3 Å². The number of fused-ring (bicyclic) bond motifs is 2. The first kappa shape index (κ1) is 20.0. The zero-order valence-corrected chi connectivity index (χ0v) is 17.4. The number of aliphatic hydroxyl groups is 2. The van der Waals surface area contributed by atoms with E-state index in [0.29, 0.717) is 6.61 Å². The standard InChI is InChI=1S/C20H32O5Si/c1-20(2,3)26(4,5)25-19-16-14(11-21)15(22)17(24-16)18(19)23-12-13-9-7-6-8-10-13/h6-10,14-19,21-22H,11-12H2,1-5H3/t14-,15-,16-,17+,18-,19-/m1/s1. The van der Waals surface area contributed by atoms with Crippen molar-refractivity contribution in [3.63, 3.8) is 0 Å². The van der Waals surface area contributed by atoms with Gasteiger partial charge in [0.1, 0.15) is 18.3 Å². The summed E-state index contributed by atoms with van der Waals surface area (Å²) in [6.07, 6.45) is -2.08. The Morgan fingerprint density at radius 2 is 1.73 bits per heavy atom. The van der Waals surface area contributed by atoms with Crippen LogP contribution in [-0.2, 0) is 20.5 Å². The molecule has 2 fully saturated rings. The molecule has 3 rings (SSSR count). The summed E-state index contributed by atoms with van der Waals surface area (Å²) in [5, 5.41) is 20.3. The highest BCUT2D eigenvalue weighted by Gasteiger charge is 2.62. The van der Waals surface area contributed by atoms with E-state index >= 15 is 0 Å². The molecule has 1 aromatic carbocycles. The molecule has 2 bridgehead atoms. The first-order valence-electron chi connectivity index (χ1n) is 9.43. The van der Waals surface area contributed by atoms with E-state index in [2.05, 4.69) is 33.9 Å². The van der Waals surface area contributed by atoms with Crippen molar-refractivity contribution in [2.75, 3.05) is 6.61 Å². The number of hydrogen-bond donors (Lipinski definition) is 2. The molecule has 146 valence electrons. The third-order valence-electron chi connectivity index (χ3n) is 6.22. The van der Waals surface area contributed by atoms with E-state index in [-0.39, 0.29) is 35.9 Å². The van der Waals surface area contributed by atoms with Crippen molar-refractivity contribution in [2.24, 2.45) is 5.92 Å². The SMILES string of the molecule is CC(C)(C)[Si](C)(C)O[C@H]1[C@H](OCc2ccccc2)[C@H]2O[C@@H]1[C@H](CO)[C@H]2O. The van der Waals surface area contributed by atoms with Gasteiger partial charge in [0.25, 0.3) is 0 Å². The molecule has 6 atom stereocenters. The summed E-state index contributed by atoms with van der Waals surface area (Å²) in [6.45, 7) is 11.4. The Morgan fingerprint density at radius 1 is 1.08 bits per heavy atom. The number of rotatable bonds is 6. The summed E-state index contributed by atoms with van der Waals surface area (Å²) in [5.41, 5.74) is 1.08. The molecule has 2 aliphatic heterocycles. The van der Waals surface area contributed by atoms with Gasteiger partial charge in [0.2, 0.25) is 0 Å². The van der Waals surface area contributed by atoms with Crippen molar-refractivity contribution in [2.45, 2.75) is 76.0 Å². The van der Waals surface area contributed by atoms with E-state index in [9.17, 15) is 10.2 Å². The van der Waals surface area contributed by atoms with Crippen molar-refractivity contribution in [3.05, 3.63) is 35.9 Å². The Hall–Kier alpha value is -0.763. The molecule has 26 heavy (non-hydrogen) atoms. The van der Waals surface area contributed by atoms with E-state index in [0.717, 1.165) is 5.56 Å². The molecule has 2 aliphatic rings. The average molecular weight is 381 g/mol. The van der Waals surface area contributed by atoms with Gasteiger partial charge >= 0.3 is 0 Å². The van der Waals surface area contributed by atoms with Crippen molar-refractivity contribution >= 4 is 8.32 Å². The van der Waals surface area contributed by atoms with Crippen molar-refractivity contribution < 1.29 is 24.1 Å². The summed E-state index contributed by atoms with van der Waals surface area (Å²) >= 11 is 0. The average Bonchev–Trinajstić information content (AvgIpc) is 3.07. The highest BCUT2D eigenvalue weighted by molar-refractivity contribution is 6.74. The van der Waals surface area contributed by atoms with Crippen LogP contribution in [0.5, 0.6) is 0 Å². The van der Waals surface area contributed by atoms with Crippen LogP contribution in [0.1, 0.15) is 26.3 Å². The van der Waals surface area contributed by atoms with E-state index < -0.39 is 20.5 Å². The molecule has 2 heterocycles. The van der Waals surface area contributed by atoms with E-state index in [4.69, 9.17) is 13.9 Å². The van der Waals surface area contributed by atoms with Crippen LogP contribution in [0.3, 0.4) is 0 Å². The number of hydrogen-bond acceptors (Lipinski definition) is 5. The summed E-state index contributed by atoms with van der Waals surface area (Å²) in [5.74, 6) is -0.314. The van der Waals surface area contributed by atoms with Gasteiger partial charge in [-0.25, -0.2) is 0 Å². The van der Waals surface area contributed by atoms with Crippen LogP contribution < -0.4 is 0 Å². The highest BCUT2D eigenvalue weighted by atomic mass is 28.4. The second-order valence-corrected chi connectivity index (χ2v) is 13.8. The van der Waals surface area contributed by atoms with E-state index in [1.807, 2.05) is 30.3 Å². The summed E-state index contributed by atoms with van der Waals surface area (Å²) in [7, 11) is -2.05. The zero-order chi connectivity index (χ0) is 19.1. The van der Waals surface area contributed by atoms with Gasteiger partial charge < -0.3 is 24.1 Å². The number of benzene rings is 1. The molecule has 6 heteroatoms. The normalized spacial score (nSPS) is 34.4. The number of ether oxygens (including phenoxy) is 2. The van der Waals surface area contributed by atoms with Gasteiger partial charge in [-0.05, 0) is 23.7 Å². The molecular weight excluding hydrogens is 348 g/mol. The topological polar surface area (TPSA) is 68.2 Å². The maximum absolute atomic E-state index is 10.5. The lowest BCUT2D eigenvalue weighted by Crippen LogP contribution is -2.57. The fourth-order valence-electron chi connectivity index (χ4n) is 3.59. The van der Waals surface area contributed by atoms with Gasteiger partial charge in [0.15, 0.2) is 8.32 Å². The second kappa shape index (κ2) is 7.34. The Morgan fingerprint density at radius 3 is 2.31 bits per heavy atom. The lowest BCUT2D eigenvalue weighted by Gasteiger charge is -2.43. The maximum atomic E-state index is 10.5. The monoisotopic (exact) mass is 380 g/mol. The molecule has 1 aromatic rings. The number of aliphatic hydroxyl groups excluding tert-OH is 2. The zero-order valence-electron chi connectivity index (χ0n) is 16.4. The first-order chi connectivity index (χ1) is 12.2. The van der Waals surface area contributed by atoms with E-state index in [1.54, 1.807) is 0 Å². The van der Waals surface area contributed by atoms with Crippen LogP contribution in [0.25, 0.3) is 0 Å². The Labute approximate surface area is 157 Å². The van der Waals surface area contributed by atoms with Gasteiger partial charge in [0.05, 0.1) is 25.4 Å². The molecule has 2 N–H and O–H groups in total. The quantitative estimate of drug-likeness (QED) is 0.743. The molecule has 0 aromatic heterocycles. The van der Waals surface area contributed by atoms with Crippen LogP contribution in [0, 0.1) is 5.92 Å². The second-order valence-electron chi connectivity index (χ2n) is 9.01.